The van der Waals surface area contributed by atoms with E-state index in [1.807, 2.05) is 28.4 Å². The molecule has 168 valence electrons. The molecule has 33 heavy (non-hydrogen) atoms. The van der Waals surface area contributed by atoms with Crippen LogP contribution in [0.5, 0.6) is 0 Å². The number of amides is 2. The van der Waals surface area contributed by atoms with Gasteiger partial charge in [-0.3, -0.25) is 0 Å². The predicted octanol–water partition coefficient (Wildman–Crippen LogP) is 7.23. The summed E-state index contributed by atoms with van der Waals surface area (Å²) in [6.07, 6.45) is 6.95. The summed E-state index contributed by atoms with van der Waals surface area (Å²) in [5.41, 5.74) is 7.16. The molecule has 4 nitrogen and oxygen atoms in total. The zero-order chi connectivity index (χ0) is 22.5. The van der Waals surface area contributed by atoms with Crippen LogP contribution in [0.25, 0.3) is 5.00 Å². The van der Waals surface area contributed by atoms with Gasteiger partial charge < -0.3 is 14.8 Å². The van der Waals surface area contributed by atoms with E-state index in [1.165, 1.54) is 44.3 Å². The van der Waals surface area contributed by atoms with Crippen LogP contribution in [0.4, 0.5) is 10.5 Å². The number of fused-ring (bicyclic) bond motifs is 5. The van der Waals surface area contributed by atoms with Crippen molar-refractivity contribution < 1.29 is 4.79 Å². The van der Waals surface area contributed by atoms with E-state index < -0.39 is 0 Å². The number of nitrogens with one attached hydrogen (secondary N) is 1. The van der Waals surface area contributed by atoms with Crippen molar-refractivity contribution in [3.8, 4) is 5.00 Å². The summed E-state index contributed by atoms with van der Waals surface area (Å²) in [5, 5.41) is 6.65. The Morgan fingerprint density at radius 1 is 1.03 bits per heavy atom. The monoisotopic (exact) mass is 473 g/mol. The maximum atomic E-state index is 13.9. The number of benzene rings is 1. The molecule has 1 atom stereocenters. The zero-order valence-corrected chi connectivity index (χ0v) is 20.6. The molecule has 2 aliphatic rings. The maximum Gasteiger partial charge on any atom is 0.323 e. The third-order valence-corrected chi connectivity index (χ3v) is 9.36. The van der Waals surface area contributed by atoms with Crippen LogP contribution in [0.2, 0.25) is 0 Å². The van der Waals surface area contributed by atoms with Crippen molar-refractivity contribution in [3.63, 3.8) is 0 Å². The van der Waals surface area contributed by atoms with E-state index in [4.69, 9.17) is 0 Å². The summed E-state index contributed by atoms with van der Waals surface area (Å²) < 4.78 is 2.34. The molecule has 0 saturated heterocycles. The summed E-state index contributed by atoms with van der Waals surface area (Å²) in [7, 11) is 0. The highest BCUT2D eigenvalue weighted by Crippen LogP contribution is 2.44. The van der Waals surface area contributed by atoms with Gasteiger partial charge in [-0.15, -0.1) is 22.7 Å². The quantitative estimate of drug-likeness (QED) is 0.327. The second-order valence-electron chi connectivity index (χ2n) is 9.02. The molecule has 1 aromatic carbocycles. The fourth-order valence-electron chi connectivity index (χ4n) is 5.21. The van der Waals surface area contributed by atoms with Gasteiger partial charge in [-0.1, -0.05) is 18.2 Å². The van der Waals surface area contributed by atoms with Crippen LogP contribution in [0, 0.1) is 13.8 Å². The number of carbonyl (C=O) groups excluding carboxylic acids is 1. The Bertz CT molecular complexity index is 1330. The first-order valence-corrected chi connectivity index (χ1v) is 13.3. The molecule has 0 fully saturated rings. The van der Waals surface area contributed by atoms with E-state index in [1.54, 1.807) is 11.3 Å². The Hall–Kier alpha value is -2.83. The van der Waals surface area contributed by atoms with Crippen LogP contribution >= 0.6 is 22.7 Å². The number of carbonyl (C=O) groups is 1. The Kier molecular flexibility index (Phi) is 5.15. The lowest BCUT2D eigenvalue weighted by atomic mass is 9.95. The molecule has 6 rings (SSSR count). The van der Waals surface area contributed by atoms with Crippen molar-refractivity contribution in [3.05, 3.63) is 91.7 Å². The fraction of sp³-hybridized carbons (Fsp3) is 0.296. The molecule has 3 aromatic heterocycles. The van der Waals surface area contributed by atoms with Gasteiger partial charge in [0.15, 0.2) is 0 Å². The van der Waals surface area contributed by atoms with Gasteiger partial charge in [-0.25, -0.2) is 4.79 Å². The average Bonchev–Trinajstić information content (AvgIpc) is 3.56. The molecule has 2 amide bonds. The summed E-state index contributed by atoms with van der Waals surface area (Å²) in [6, 6.07) is 14.5. The minimum absolute atomic E-state index is 0.0431. The van der Waals surface area contributed by atoms with Crippen LogP contribution in [0.15, 0.2) is 54.0 Å². The van der Waals surface area contributed by atoms with Crippen molar-refractivity contribution in [1.82, 2.24) is 9.47 Å². The van der Waals surface area contributed by atoms with Crippen molar-refractivity contribution in [2.75, 3.05) is 5.32 Å². The number of anilines is 1. The van der Waals surface area contributed by atoms with Crippen molar-refractivity contribution in [2.24, 2.45) is 0 Å². The first kappa shape index (κ1) is 20.8. The smallest absolute Gasteiger partial charge is 0.310 e. The van der Waals surface area contributed by atoms with E-state index >= 15 is 0 Å². The molecule has 0 spiro atoms. The van der Waals surface area contributed by atoms with Crippen LogP contribution in [-0.4, -0.2) is 15.5 Å². The number of urea groups is 1. The Morgan fingerprint density at radius 3 is 2.76 bits per heavy atom. The summed E-state index contributed by atoms with van der Waals surface area (Å²) in [5.74, 6) is 0. The van der Waals surface area contributed by atoms with Crippen LogP contribution in [-0.2, 0) is 19.4 Å². The molecule has 6 heteroatoms. The largest absolute Gasteiger partial charge is 0.323 e. The second-order valence-corrected chi connectivity index (χ2v) is 11.1. The van der Waals surface area contributed by atoms with Crippen molar-refractivity contribution in [2.45, 2.75) is 52.1 Å². The topological polar surface area (TPSA) is 37.3 Å². The summed E-state index contributed by atoms with van der Waals surface area (Å²) in [6.45, 7) is 4.78. The molecule has 1 aliphatic carbocycles. The molecule has 0 bridgehead atoms. The van der Waals surface area contributed by atoms with Crippen LogP contribution in [0.3, 0.4) is 0 Å². The van der Waals surface area contributed by atoms with Crippen molar-refractivity contribution in [1.29, 1.82) is 0 Å². The minimum Gasteiger partial charge on any atom is -0.310 e. The molecular weight excluding hydrogens is 446 g/mol. The lowest BCUT2D eigenvalue weighted by Gasteiger charge is -2.30. The molecule has 1 N–H and O–H groups in total. The first-order valence-electron chi connectivity index (χ1n) is 11.6. The highest BCUT2D eigenvalue weighted by molar-refractivity contribution is 7.15. The lowest BCUT2D eigenvalue weighted by Crippen LogP contribution is -2.38. The lowest BCUT2D eigenvalue weighted by molar-refractivity contribution is 0.195. The minimum atomic E-state index is -0.121. The predicted molar refractivity (Wildman–Crippen MR) is 137 cm³/mol. The summed E-state index contributed by atoms with van der Waals surface area (Å²) in [4.78, 5) is 18.7. The highest BCUT2D eigenvalue weighted by Gasteiger charge is 2.36. The van der Waals surface area contributed by atoms with Gasteiger partial charge in [0.2, 0.25) is 0 Å². The number of hydrogen-bond acceptors (Lipinski definition) is 3. The summed E-state index contributed by atoms with van der Waals surface area (Å²) >= 11 is 3.65. The van der Waals surface area contributed by atoms with E-state index in [0.29, 0.717) is 6.54 Å². The number of hydrogen-bond donors (Lipinski definition) is 1. The van der Waals surface area contributed by atoms with Gasteiger partial charge in [-0.05, 0) is 85.9 Å². The molecule has 4 heterocycles. The second kappa shape index (κ2) is 8.19. The van der Waals surface area contributed by atoms with Gasteiger partial charge in [0.05, 0.1) is 12.2 Å². The molecular formula is C27H27N3OS2. The molecule has 0 saturated carbocycles. The molecule has 0 radical (unpaired) electrons. The van der Waals surface area contributed by atoms with Gasteiger partial charge in [0, 0.05) is 27.2 Å². The van der Waals surface area contributed by atoms with E-state index in [0.717, 1.165) is 29.8 Å². The van der Waals surface area contributed by atoms with Crippen molar-refractivity contribution >= 4 is 34.4 Å². The number of nitrogens with zero attached hydrogens (tertiary/aromatic N) is 2. The van der Waals surface area contributed by atoms with Gasteiger partial charge >= 0.3 is 6.03 Å². The van der Waals surface area contributed by atoms with E-state index in [2.05, 4.69) is 65.6 Å². The number of rotatable bonds is 2. The first-order chi connectivity index (χ1) is 16.1. The number of aryl methyl sites for hydroxylation is 2. The fourth-order valence-corrected chi connectivity index (χ4v) is 7.46. The maximum absolute atomic E-state index is 13.9. The molecule has 1 aliphatic heterocycles. The standard InChI is InChI=1S/C27H27N3OS2/c1-17-8-5-10-21(18(17)2)28-27(31)30-16-20-19-9-3-4-12-23(19)33-26(20)29-14-6-11-22(29)25(30)24-13-7-15-32-24/h5-8,10-11,13-15,25H,3-4,9,12,16H2,1-2H3,(H,28,31). The van der Waals surface area contributed by atoms with Crippen LogP contribution < -0.4 is 5.32 Å². The molecule has 1 unspecified atom stereocenters. The third-order valence-electron chi connectivity index (χ3n) is 7.10. The third kappa shape index (κ3) is 3.44. The van der Waals surface area contributed by atoms with Gasteiger partial charge in [0.1, 0.15) is 11.0 Å². The number of aromatic nitrogens is 1. The number of thiophene rings is 2. The van der Waals surface area contributed by atoms with Gasteiger partial charge in [0.25, 0.3) is 0 Å². The average molecular weight is 474 g/mol. The Morgan fingerprint density at radius 2 is 1.91 bits per heavy atom. The molecule has 4 aromatic rings. The highest BCUT2D eigenvalue weighted by atomic mass is 32.1. The zero-order valence-electron chi connectivity index (χ0n) is 18.9. The van der Waals surface area contributed by atoms with E-state index in [-0.39, 0.29) is 12.1 Å². The Labute approximate surface area is 202 Å². The van der Waals surface area contributed by atoms with Crippen LogP contribution in [0.1, 0.15) is 56.6 Å². The Balaban J connectivity index is 1.49. The SMILES string of the molecule is Cc1cccc(NC(=O)N2Cc3c(sc4c3CCCC4)-n3cccc3C2c2cccs2)c1C. The van der Waals surface area contributed by atoms with Gasteiger partial charge in [-0.2, -0.15) is 0 Å². The normalized spacial score (nSPS) is 17.2. The van der Waals surface area contributed by atoms with E-state index in [9.17, 15) is 4.79 Å².